The van der Waals surface area contributed by atoms with Crippen LogP contribution in [0.5, 0.6) is 0 Å². The Kier molecular flexibility index (Phi) is 2.74. The van der Waals surface area contributed by atoms with Crippen LogP contribution in [0.1, 0.15) is 13.3 Å². The van der Waals surface area contributed by atoms with Crippen LogP contribution in [0.2, 0.25) is 0 Å². The Balaban J connectivity index is 2.86. The number of terminal acetylenes is 1. The molecule has 11 heavy (non-hydrogen) atoms. The van der Waals surface area contributed by atoms with Crippen molar-refractivity contribution in [3.05, 3.63) is 36.0 Å². The molecule has 0 spiro atoms. The summed E-state index contributed by atoms with van der Waals surface area (Å²) in [4.78, 5) is 0. The van der Waals surface area contributed by atoms with Crippen LogP contribution >= 0.6 is 0 Å². The summed E-state index contributed by atoms with van der Waals surface area (Å²) in [5, 5.41) is 0. The van der Waals surface area contributed by atoms with Crippen molar-refractivity contribution in [1.82, 2.24) is 0 Å². The van der Waals surface area contributed by atoms with Gasteiger partial charge in [0.25, 0.3) is 0 Å². The Morgan fingerprint density at radius 1 is 1.64 bits per heavy atom. The van der Waals surface area contributed by atoms with Crippen molar-refractivity contribution in [2.24, 2.45) is 5.92 Å². The van der Waals surface area contributed by atoms with Crippen LogP contribution in [-0.4, -0.2) is 0 Å². The minimum absolute atomic E-state index is 0.204. The quantitative estimate of drug-likeness (QED) is 0.362. The fraction of sp³-hybridized carbons (Fsp3) is 0.273. The van der Waals surface area contributed by atoms with E-state index in [-0.39, 0.29) is 5.92 Å². The summed E-state index contributed by atoms with van der Waals surface area (Å²) in [6.07, 6.45) is 16.7. The third kappa shape index (κ3) is 1.85. The van der Waals surface area contributed by atoms with Crippen LogP contribution < -0.4 is 0 Å². The van der Waals surface area contributed by atoms with E-state index in [2.05, 4.69) is 24.1 Å². The average molecular weight is 144 g/mol. The molecule has 0 saturated heterocycles. The molecule has 1 atom stereocenters. The maximum Gasteiger partial charge on any atom is 0.0596 e. The second-order valence-corrected chi connectivity index (χ2v) is 2.53. The molecule has 0 saturated carbocycles. The molecular formula is C11H12. The normalized spacial score (nSPS) is 26.5. The molecule has 0 fully saturated rings. The van der Waals surface area contributed by atoms with Gasteiger partial charge in [0.1, 0.15) is 0 Å². The van der Waals surface area contributed by atoms with Crippen molar-refractivity contribution in [3.8, 4) is 12.3 Å². The minimum atomic E-state index is 0.204. The zero-order chi connectivity index (χ0) is 8.10. The summed E-state index contributed by atoms with van der Waals surface area (Å²) in [5.41, 5.74) is 1.32. The lowest BCUT2D eigenvalue weighted by Crippen LogP contribution is -1.95. The Morgan fingerprint density at radius 3 is 3.09 bits per heavy atom. The van der Waals surface area contributed by atoms with Gasteiger partial charge in [0, 0.05) is 0 Å². The van der Waals surface area contributed by atoms with Gasteiger partial charge in [-0.1, -0.05) is 41.9 Å². The van der Waals surface area contributed by atoms with E-state index in [9.17, 15) is 0 Å². The topological polar surface area (TPSA) is 0 Å². The lowest BCUT2D eigenvalue weighted by Gasteiger charge is -2.06. The fourth-order valence-corrected chi connectivity index (χ4v) is 1.17. The predicted molar refractivity (Wildman–Crippen MR) is 49.0 cm³/mol. The summed E-state index contributed by atoms with van der Waals surface area (Å²) >= 11 is 0. The van der Waals surface area contributed by atoms with Crippen molar-refractivity contribution in [2.75, 3.05) is 0 Å². The zero-order valence-electron chi connectivity index (χ0n) is 6.75. The van der Waals surface area contributed by atoms with Gasteiger partial charge in [-0.25, -0.2) is 0 Å². The van der Waals surface area contributed by atoms with E-state index in [1.165, 1.54) is 5.57 Å². The van der Waals surface area contributed by atoms with Crippen LogP contribution in [0, 0.1) is 18.3 Å². The largest absolute Gasteiger partial charge is 0.119 e. The molecule has 1 rings (SSSR count). The number of rotatable bonds is 0. The van der Waals surface area contributed by atoms with Gasteiger partial charge in [0.15, 0.2) is 0 Å². The standard InChI is InChI=1S/C11H12/c1-3-10-8-6-5-7-9-11(10)4-2/h1,4-8,10H,9H2,2H3/b11-4-. The summed E-state index contributed by atoms with van der Waals surface area (Å²) in [5.74, 6) is 2.95. The third-order valence-corrected chi connectivity index (χ3v) is 1.85. The highest BCUT2D eigenvalue weighted by Gasteiger charge is 2.05. The molecule has 0 amide bonds. The van der Waals surface area contributed by atoms with Crippen molar-refractivity contribution in [3.63, 3.8) is 0 Å². The first-order valence-corrected chi connectivity index (χ1v) is 3.83. The van der Waals surface area contributed by atoms with Crippen molar-refractivity contribution in [1.29, 1.82) is 0 Å². The maximum absolute atomic E-state index is 5.37. The lowest BCUT2D eigenvalue weighted by atomic mass is 9.98. The molecule has 56 valence electrons. The van der Waals surface area contributed by atoms with E-state index in [1.54, 1.807) is 0 Å². The van der Waals surface area contributed by atoms with Crippen LogP contribution in [0.25, 0.3) is 0 Å². The van der Waals surface area contributed by atoms with Crippen molar-refractivity contribution < 1.29 is 0 Å². The second-order valence-electron chi connectivity index (χ2n) is 2.53. The molecule has 0 bridgehead atoms. The summed E-state index contributed by atoms with van der Waals surface area (Å²) < 4.78 is 0. The molecule has 0 nitrogen and oxygen atoms in total. The zero-order valence-corrected chi connectivity index (χ0v) is 6.75. The molecule has 0 N–H and O–H groups in total. The van der Waals surface area contributed by atoms with Crippen LogP contribution in [0.4, 0.5) is 0 Å². The van der Waals surface area contributed by atoms with Gasteiger partial charge in [0.05, 0.1) is 5.92 Å². The number of allylic oxidation sites excluding steroid dienone is 6. The van der Waals surface area contributed by atoms with Crippen LogP contribution in [0.3, 0.4) is 0 Å². The molecule has 0 aromatic rings. The highest BCUT2D eigenvalue weighted by molar-refractivity contribution is 5.29. The molecule has 1 aliphatic carbocycles. The van der Waals surface area contributed by atoms with E-state index in [1.807, 2.05) is 19.1 Å². The smallest absolute Gasteiger partial charge is 0.0596 e. The van der Waals surface area contributed by atoms with Gasteiger partial charge in [0.2, 0.25) is 0 Å². The van der Waals surface area contributed by atoms with Crippen LogP contribution in [-0.2, 0) is 0 Å². The average Bonchev–Trinajstić information content (AvgIpc) is 2.27. The van der Waals surface area contributed by atoms with E-state index < -0.39 is 0 Å². The van der Waals surface area contributed by atoms with Gasteiger partial charge in [-0.15, -0.1) is 6.42 Å². The van der Waals surface area contributed by atoms with E-state index >= 15 is 0 Å². The molecule has 0 heteroatoms. The summed E-state index contributed by atoms with van der Waals surface area (Å²) in [6, 6.07) is 0. The third-order valence-electron chi connectivity index (χ3n) is 1.85. The molecule has 0 radical (unpaired) electrons. The predicted octanol–water partition coefficient (Wildman–Crippen LogP) is 2.70. The molecular weight excluding hydrogens is 132 g/mol. The van der Waals surface area contributed by atoms with E-state index in [0.29, 0.717) is 0 Å². The van der Waals surface area contributed by atoms with E-state index in [0.717, 1.165) is 6.42 Å². The lowest BCUT2D eigenvalue weighted by molar-refractivity contribution is 0.956. The SMILES string of the molecule is C#CC1C=CC=CC/C1=C/C. The van der Waals surface area contributed by atoms with Gasteiger partial charge < -0.3 is 0 Å². The highest BCUT2D eigenvalue weighted by atomic mass is 14.1. The summed E-state index contributed by atoms with van der Waals surface area (Å²) in [7, 11) is 0. The van der Waals surface area contributed by atoms with Crippen molar-refractivity contribution in [2.45, 2.75) is 13.3 Å². The first kappa shape index (κ1) is 7.88. The maximum atomic E-state index is 5.37. The van der Waals surface area contributed by atoms with Crippen molar-refractivity contribution >= 4 is 0 Å². The summed E-state index contributed by atoms with van der Waals surface area (Å²) in [6.45, 7) is 2.03. The Morgan fingerprint density at radius 2 is 2.45 bits per heavy atom. The fourth-order valence-electron chi connectivity index (χ4n) is 1.17. The van der Waals surface area contributed by atoms with Gasteiger partial charge >= 0.3 is 0 Å². The first-order chi connectivity index (χ1) is 5.38. The Bertz CT molecular complexity index is 246. The molecule has 1 aliphatic rings. The highest BCUT2D eigenvalue weighted by Crippen LogP contribution is 2.18. The minimum Gasteiger partial charge on any atom is -0.119 e. The molecule has 0 aliphatic heterocycles. The number of hydrogen-bond acceptors (Lipinski definition) is 0. The Labute approximate surface area is 68.3 Å². The van der Waals surface area contributed by atoms with Crippen LogP contribution in [0.15, 0.2) is 36.0 Å². The Hall–Kier alpha value is -1.22. The number of hydrogen-bond donors (Lipinski definition) is 0. The van der Waals surface area contributed by atoms with Gasteiger partial charge in [-0.05, 0) is 13.3 Å². The molecule has 1 unspecified atom stereocenters. The molecule has 0 heterocycles. The monoisotopic (exact) mass is 144 g/mol. The molecule has 0 aromatic carbocycles. The van der Waals surface area contributed by atoms with Gasteiger partial charge in [-0.3, -0.25) is 0 Å². The second kappa shape index (κ2) is 3.83. The van der Waals surface area contributed by atoms with Gasteiger partial charge in [-0.2, -0.15) is 0 Å². The first-order valence-electron chi connectivity index (χ1n) is 3.83. The molecule has 0 aromatic heterocycles. The van der Waals surface area contributed by atoms with E-state index in [4.69, 9.17) is 6.42 Å².